The molecule has 1 amide bonds. The van der Waals surface area contributed by atoms with Gasteiger partial charge in [-0.3, -0.25) is 4.79 Å². The zero-order chi connectivity index (χ0) is 17.5. The fourth-order valence-electron chi connectivity index (χ4n) is 2.23. The topological polar surface area (TPSA) is 51.2 Å². The van der Waals surface area contributed by atoms with Gasteiger partial charge in [0, 0.05) is 21.8 Å². The summed E-state index contributed by atoms with van der Waals surface area (Å²) in [6.07, 6.45) is 1.05. The van der Waals surface area contributed by atoms with Crippen molar-refractivity contribution in [3.8, 4) is 17.0 Å². The Morgan fingerprint density at radius 1 is 1.16 bits per heavy atom. The third kappa shape index (κ3) is 5.41. The molecule has 0 saturated heterocycles. The first-order valence-electron chi connectivity index (χ1n) is 7.90. The molecule has 1 aromatic heterocycles. The Hall–Kier alpha value is -2.18. The summed E-state index contributed by atoms with van der Waals surface area (Å²) in [5.41, 5.74) is 1.92. The summed E-state index contributed by atoms with van der Waals surface area (Å²) >= 11 is 4.83. The minimum Gasteiger partial charge on any atom is -0.494 e. The molecule has 0 aliphatic rings. The Kier molecular flexibility index (Phi) is 6.19. The van der Waals surface area contributed by atoms with Crippen molar-refractivity contribution in [2.24, 2.45) is 0 Å². The van der Waals surface area contributed by atoms with E-state index in [-0.39, 0.29) is 5.91 Å². The number of aromatic nitrogens is 1. The minimum atomic E-state index is -0.0493. The van der Waals surface area contributed by atoms with Crippen molar-refractivity contribution in [2.75, 3.05) is 11.9 Å². The van der Waals surface area contributed by atoms with Crippen LogP contribution in [0.15, 0.2) is 64.5 Å². The summed E-state index contributed by atoms with van der Waals surface area (Å²) in [4.78, 5) is 16.5. The van der Waals surface area contributed by atoms with Crippen molar-refractivity contribution in [1.29, 1.82) is 0 Å². The fraction of sp³-hybridized carbons (Fsp3) is 0.158. The van der Waals surface area contributed by atoms with Crippen molar-refractivity contribution < 1.29 is 9.53 Å². The van der Waals surface area contributed by atoms with Gasteiger partial charge >= 0.3 is 0 Å². The van der Waals surface area contributed by atoms with Gasteiger partial charge in [-0.1, -0.05) is 52.3 Å². The molecule has 0 atom stereocenters. The predicted octanol–water partition coefficient (Wildman–Crippen LogP) is 5.37. The van der Waals surface area contributed by atoms with E-state index < -0.39 is 0 Å². The first-order chi connectivity index (χ1) is 12.2. The van der Waals surface area contributed by atoms with Crippen LogP contribution in [0.25, 0.3) is 11.3 Å². The molecular formula is C19H17BrN2O2S. The Morgan fingerprint density at radius 2 is 2.00 bits per heavy atom. The lowest BCUT2D eigenvalue weighted by atomic mass is 10.2. The molecule has 0 spiro atoms. The molecule has 4 nitrogen and oxygen atoms in total. The third-order valence-corrected chi connectivity index (χ3v) is 4.68. The van der Waals surface area contributed by atoms with Gasteiger partial charge in [0.25, 0.3) is 0 Å². The molecule has 3 aromatic rings. The quantitative estimate of drug-likeness (QED) is 0.526. The van der Waals surface area contributed by atoms with Crippen LogP contribution in [0, 0.1) is 0 Å². The van der Waals surface area contributed by atoms with E-state index in [9.17, 15) is 4.79 Å². The summed E-state index contributed by atoms with van der Waals surface area (Å²) in [5.74, 6) is 0.744. The number of nitrogens with one attached hydrogen (secondary N) is 1. The molecule has 0 aliphatic heterocycles. The van der Waals surface area contributed by atoms with Crippen LogP contribution in [-0.4, -0.2) is 17.5 Å². The molecule has 3 rings (SSSR count). The van der Waals surface area contributed by atoms with Crippen molar-refractivity contribution in [1.82, 2.24) is 4.98 Å². The summed E-state index contributed by atoms with van der Waals surface area (Å²) in [5, 5.41) is 5.41. The van der Waals surface area contributed by atoms with Crippen LogP contribution >= 0.6 is 27.3 Å². The van der Waals surface area contributed by atoms with E-state index in [0.717, 1.165) is 21.5 Å². The van der Waals surface area contributed by atoms with Gasteiger partial charge in [-0.05, 0) is 24.6 Å². The molecular weight excluding hydrogens is 400 g/mol. The molecule has 1 N–H and O–H groups in total. The molecule has 0 fully saturated rings. The second-order valence-electron chi connectivity index (χ2n) is 5.36. The largest absolute Gasteiger partial charge is 0.494 e. The Morgan fingerprint density at radius 3 is 2.80 bits per heavy atom. The van der Waals surface area contributed by atoms with Gasteiger partial charge in [-0.15, -0.1) is 11.3 Å². The highest BCUT2D eigenvalue weighted by molar-refractivity contribution is 9.10. The van der Waals surface area contributed by atoms with Crippen LogP contribution in [0.1, 0.15) is 12.8 Å². The van der Waals surface area contributed by atoms with E-state index in [0.29, 0.717) is 24.6 Å². The number of benzene rings is 2. The van der Waals surface area contributed by atoms with E-state index >= 15 is 0 Å². The van der Waals surface area contributed by atoms with Crippen molar-refractivity contribution in [2.45, 2.75) is 12.8 Å². The lowest BCUT2D eigenvalue weighted by Gasteiger charge is -2.06. The lowest BCUT2D eigenvalue weighted by Crippen LogP contribution is -2.12. The van der Waals surface area contributed by atoms with Gasteiger partial charge in [0.1, 0.15) is 5.75 Å². The molecule has 6 heteroatoms. The Bertz CT molecular complexity index is 836. The number of thiazole rings is 1. The van der Waals surface area contributed by atoms with Gasteiger partial charge in [-0.2, -0.15) is 0 Å². The monoisotopic (exact) mass is 416 g/mol. The van der Waals surface area contributed by atoms with Crippen LogP contribution in [0.3, 0.4) is 0 Å². The average Bonchev–Trinajstić information content (AvgIpc) is 3.08. The van der Waals surface area contributed by atoms with Gasteiger partial charge < -0.3 is 10.1 Å². The number of anilines is 1. The molecule has 1 heterocycles. The van der Waals surface area contributed by atoms with E-state index in [1.807, 2.05) is 60.0 Å². The molecule has 0 bridgehead atoms. The summed E-state index contributed by atoms with van der Waals surface area (Å²) in [6, 6.07) is 17.6. The number of hydrogen-bond acceptors (Lipinski definition) is 4. The summed E-state index contributed by atoms with van der Waals surface area (Å²) < 4.78 is 6.60. The van der Waals surface area contributed by atoms with Gasteiger partial charge in [0.15, 0.2) is 5.13 Å². The number of amides is 1. The van der Waals surface area contributed by atoms with Crippen LogP contribution in [-0.2, 0) is 4.79 Å². The Balaban J connectivity index is 1.43. The number of ether oxygens (including phenoxy) is 1. The molecule has 25 heavy (non-hydrogen) atoms. The number of carbonyl (C=O) groups excluding carboxylic acids is 1. The van der Waals surface area contributed by atoms with Crippen LogP contribution in [0.2, 0.25) is 0 Å². The maximum Gasteiger partial charge on any atom is 0.226 e. The standard InChI is InChI=1S/C19H17BrN2O2S/c20-15-8-4-9-16(12-15)24-11-5-10-18(23)22-19-21-17(13-25-19)14-6-2-1-3-7-14/h1-4,6-9,12-13H,5,10-11H2,(H,21,22,23). The van der Waals surface area contributed by atoms with E-state index in [4.69, 9.17) is 4.74 Å². The second-order valence-corrected chi connectivity index (χ2v) is 7.14. The van der Waals surface area contributed by atoms with Crippen molar-refractivity contribution >= 4 is 38.3 Å². The zero-order valence-electron chi connectivity index (χ0n) is 13.4. The molecule has 128 valence electrons. The Labute approximate surface area is 159 Å². The molecule has 0 saturated carbocycles. The maximum atomic E-state index is 12.0. The van der Waals surface area contributed by atoms with Crippen molar-refractivity contribution in [3.63, 3.8) is 0 Å². The maximum absolute atomic E-state index is 12.0. The highest BCUT2D eigenvalue weighted by atomic mass is 79.9. The van der Waals surface area contributed by atoms with Crippen LogP contribution in [0.4, 0.5) is 5.13 Å². The van der Waals surface area contributed by atoms with Crippen LogP contribution < -0.4 is 10.1 Å². The van der Waals surface area contributed by atoms with Crippen LogP contribution in [0.5, 0.6) is 5.75 Å². The molecule has 0 unspecified atom stereocenters. The van der Waals surface area contributed by atoms with E-state index in [1.165, 1.54) is 11.3 Å². The average molecular weight is 417 g/mol. The molecule has 0 radical (unpaired) electrons. The first kappa shape index (κ1) is 17.6. The fourth-order valence-corrected chi connectivity index (χ4v) is 3.35. The minimum absolute atomic E-state index is 0.0493. The highest BCUT2D eigenvalue weighted by Gasteiger charge is 2.08. The summed E-state index contributed by atoms with van der Waals surface area (Å²) in [6.45, 7) is 0.497. The third-order valence-electron chi connectivity index (χ3n) is 3.43. The smallest absolute Gasteiger partial charge is 0.226 e. The number of halogens is 1. The highest BCUT2D eigenvalue weighted by Crippen LogP contribution is 2.24. The number of rotatable bonds is 7. The van der Waals surface area contributed by atoms with E-state index in [1.54, 1.807) is 0 Å². The lowest BCUT2D eigenvalue weighted by molar-refractivity contribution is -0.116. The summed E-state index contributed by atoms with van der Waals surface area (Å²) in [7, 11) is 0. The zero-order valence-corrected chi connectivity index (χ0v) is 15.8. The number of carbonyl (C=O) groups is 1. The molecule has 2 aromatic carbocycles. The normalized spacial score (nSPS) is 10.4. The molecule has 0 aliphatic carbocycles. The predicted molar refractivity (Wildman–Crippen MR) is 105 cm³/mol. The van der Waals surface area contributed by atoms with Crippen molar-refractivity contribution in [3.05, 3.63) is 64.5 Å². The SMILES string of the molecule is O=C(CCCOc1cccc(Br)c1)Nc1nc(-c2ccccc2)cs1. The van der Waals surface area contributed by atoms with Gasteiger partial charge in [0.2, 0.25) is 5.91 Å². The van der Waals surface area contributed by atoms with Gasteiger partial charge in [-0.25, -0.2) is 4.98 Å². The first-order valence-corrected chi connectivity index (χ1v) is 9.57. The number of nitrogens with zero attached hydrogens (tertiary/aromatic N) is 1. The second kappa shape index (κ2) is 8.78. The van der Waals surface area contributed by atoms with E-state index in [2.05, 4.69) is 26.2 Å². The number of hydrogen-bond donors (Lipinski definition) is 1. The van der Waals surface area contributed by atoms with Gasteiger partial charge in [0.05, 0.1) is 12.3 Å².